The van der Waals surface area contributed by atoms with E-state index in [0.29, 0.717) is 0 Å². The van der Waals surface area contributed by atoms with E-state index in [4.69, 9.17) is 4.74 Å². The summed E-state index contributed by atoms with van der Waals surface area (Å²) < 4.78 is 7.08. The third-order valence-corrected chi connectivity index (χ3v) is 2.20. The highest BCUT2D eigenvalue weighted by Gasteiger charge is 2.01. The van der Waals surface area contributed by atoms with Gasteiger partial charge in [0.05, 0.1) is 25.3 Å². The Morgan fingerprint density at radius 1 is 1.21 bits per heavy atom. The zero-order valence-corrected chi connectivity index (χ0v) is 8.27. The fourth-order valence-corrected chi connectivity index (χ4v) is 1.40. The molecule has 0 saturated carbocycles. The maximum absolute atomic E-state index is 5.09. The van der Waals surface area contributed by atoms with Crippen molar-refractivity contribution in [3.8, 4) is 17.0 Å². The first-order valence-corrected chi connectivity index (χ1v) is 4.42. The van der Waals surface area contributed by atoms with Gasteiger partial charge < -0.3 is 9.30 Å². The van der Waals surface area contributed by atoms with Crippen molar-refractivity contribution >= 4 is 0 Å². The number of imidazole rings is 1. The molecule has 1 aromatic heterocycles. The molecule has 3 nitrogen and oxygen atoms in total. The van der Waals surface area contributed by atoms with E-state index in [9.17, 15) is 0 Å². The molecule has 0 fully saturated rings. The Labute approximate surface area is 83.0 Å². The second-order valence-corrected chi connectivity index (χ2v) is 3.12. The molecule has 0 N–H and O–H groups in total. The molecule has 0 radical (unpaired) electrons. The monoisotopic (exact) mass is 188 g/mol. The Hall–Kier alpha value is -1.77. The van der Waals surface area contributed by atoms with Crippen LogP contribution in [0.25, 0.3) is 11.3 Å². The first kappa shape index (κ1) is 8.81. The summed E-state index contributed by atoms with van der Waals surface area (Å²) in [7, 11) is 3.64. The molecule has 0 amide bonds. The SMILES string of the molecule is COc1ccc(-c2cncn2C)cc1. The summed E-state index contributed by atoms with van der Waals surface area (Å²) in [6.07, 6.45) is 3.64. The molecule has 0 aliphatic carbocycles. The van der Waals surface area contributed by atoms with Gasteiger partial charge in [-0.3, -0.25) is 0 Å². The Morgan fingerprint density at radius 2 is 1.93 bits per heavy atom. The lowest BCUT2D eigenvalue weighted by Crippen LogP contribution is -1.89. The lowest BCUT2D eigenvalue weighted by molar-refractivity contribution is 0.415. The van der Waals surface area contributed by atoms with E-state index in [-0.39, 0.29) is 0 Å². The van der Waals surface area contributed by atoms with Crippen molar-refractivity contribution in [3.63, 3.8) is 0 Å². The normalized spacial score (nSPS) is 10.1. The molecule has 0 saturated heterocycles. The zero-order valence-electron chi connectivity index (χ0n) is 8.27. The van der Waals surface area contributed by atoms with Crippen molar-refractivity contribution in [1.29, 1.82) is 0 Å². The van der Waals surface area contributed by atoms with Crippen LogP contribution in [0.5, 0.6) is 5.75 Å². The Bertz CT molecular complexity index is 417. The molecule has 1 heterocycles. The summed E-state index contributed by atoms with van der Waals surface area (Å²) in [6, 6.07) is 7.94. The second kappa shape index (κ2) is 3.54. The van der Waals surface area contributed by atoms with Gasteiger partial charge in [-0.15, -0.1) is 0 Å². The summed E-state index contributed by atoms with van der Waals surface area (Å²) in [5.41, 5.74) is 2.25. The largest absolute Gasteiger partial charge is 0.497 e. The van der Waals surface area contributed by atoms with Gasteiger partial charge in [-0.25, -0.2) is 4.98 Å². The van der Waals surface area contributed by atoms with Crippen LogP contribution >= 0.6 is 0 Å². The van der Waals surface area contributed by atoms with Crippen LogP contribution in [-0.2, 0) is 7.05 Å². The molecule has 0 aliphatic rings. The van der Waals surface area contributed by atoms with Gasteiger partial charge >= 0.3 is 0 Å². The lowest BCUT2D eigenvalue weighted by Gasteiger charge is -2.03. The topological polar surface area (TPSA) is 27.1 Å². The number of methoxy groups -OCH3 is 1. The molecule has 2 aromatic rings. The van der Waals surface area contributed by atoms with Gasteiger partial charge in [-0.05, 0) is 24.3 Å². The van der Waals surface area contributed by atoms with Crippen molar-refractivity contribution in [3.05, 3.63) is 36.8 Å². The van der Waals surface area contributed by atoms with Gasteiger partial charge in [0.25, 0.3) is 0 Å². The van der Waals surface area contributed by atoms with Gasteiger partial charge in [0.1, 0.15) is 5.75 Å². The third-order valence-electron chi connectivity index (χ3n) is 2.20. The van der Waals surface area contributed by atoms with Gasteiger partial charge in [0.2, 0.25) is 0 Å². The van der Waals surface area contributed by atoms with Crippen molar-refractivity contribution < 1.29 is 4.74 Å². The van der Waals surface area contributed by atoms with Crippen molar-refractivity contribution in [2.75, 3.05) is 7.11 Å². The summed E-state index contributed by atoms with van der Waals surface area (Å²) in [5, 5.41) is 0. The molecule has 72 valence electrons. The maximum Gasteiger partial charge on any atom is 0.118 e. The van der Waals surface area contributed by atoms with E-state index in [1.54, 1.807) is 13.4 Å². The average molecular weight is 188 g/mol. The third kappa shape index (κ3) is 1.48. The fourth-order valence-electron chi connectivity index (χ4n) is 1.40. The fraction of sp³-hybridized carbons (Fsp3) is 0.182. The van der Waals surface area contributed by atoms with Gasteiger partial charge in [-0.1, -0.05) is 0 Å². The first-order valence-electron chi connectivity index (χ1n) is 4.42. The molecule has 14 heavy (non-hydrogen) atoms. The predicted octanol–water partition coefficient (Wildman–Crippen LogP) is 2.10. The van der Waals surface area contributed by atoms with E-state index < -0.39 is 0 Å². The van der Waals surface area contributed by atoms with E-state index in [0.717, 1.165) is 17.0 Å². The highest BCUT2D eigenvalue weighted by molar-refractivity contribution is 5.59. The summed E-state index contributed by atoms with van der Waals surface area (Å²) >= 11 is 0. The van der Waals surface area contributed by atoms with Crippen LogP contribution in [0.2, 0.25) is 0 Å². The van der Waals surface area contributed by atoms with Crippen LogP contribution in [0.1, 0.15) is 0 Å². The molecule has 2 rings (SSSR count). The Kier molecular flexibility index (Phi) is 2.23. The van der Waals surface area contributed by atoms with Crippen molar-refractivity contribution in [2.24, 2.45) is 7.05 Å². The van der Waals surface area contributed by atoms with E-state index in [1.165, 1.54) is 0 Å². The van der Waals surface area contributed by atoms with Gasteiger partial charge in [-0.2, -0.15) is 0 Å². The van der Waals surface area contributed by atoms with E-state index in [1.807, 2.05) is 42.1 Å². The minimum absolute atomic E-state index is 0.871. The molecule has 0 aliphatic heterocycles. The maximum atomic E-state index is 5.09. The minimum atomic E-state index is 0.871. The number of hydrogen-bond donors (Lipinski definition) is 0. The number of hydrogen-bond acceptors (Lipinski definition) is 2. The molecule has 0 bridgehead atoms. The van der Waals surface area contributed by atoms with Gasteiger partial charge in [0, 0.05) is 12.6 Å². The standard InChI is InChI=1S/C11H12N2O/c1-13-8-12-7-11(13)9-3-5-10(14-2)6-4-9/h3-8H,1-2H3. The quantitative estimate of drug-likeness (QED) is 0.721. The molecule has 1 aromatic carbocycles. The predicted molar refractivity (Wildman–Crippen MR) is 55.2 cm³/mol. The Balaban J connectivity index is 2.39. The van der Waals surface area contributed by atoms with Crippen LogP contribution < -0.4 is 4.74 Å². The average Bonchev–Trinajstić information content (AvgIpc) is 2.65. The number of aromatic nitrogens is 2. The van der Waals surface area contributed by atoms with E-state index >= 15 is 0 Å². The highest BCUT2D eigenvalue weighted by atomic mass is 16.5. The summed E-state index contributed by atoms with van der Waals surface area (Å²) in [4.78, 5) is 4.07. The molecule has 0 unspecified atom stereocenters. The number of benzene rings is 1. The molecular weight excluding hydrogens is 176 g/mol. The highest BCUT2D eigenvalue weighted by Crippen LogP contribution is 2.20. The summed E-state index contributed by atoms with van der Waals surface area (Å²) in [6.45, 7) is 0. The van der Waals surface area contributed by atoms with Crippen LogP contribution in [0.15, 0.2) is 36.8 Å². The molecule has 0 spiro atoms. The van der Waals surface area contributed by atoms with Crippen LogP contribution in [0.3, 0.4) is 0 Å². The van der Waals surface area contributed by atoms with Crippen molar-refractivity contribution in [2.45, 2.75) is 0 Å². The van der Waals surface area contributed by atoms with Crippen LogP contribution in [0, 0.1) is 0 Å². The number of aryl methyl sites for hydroxylation is 1. The smallest absolute Gasteiger partial charge is 0.118 e. The zero-order chi connectivity index (χ0) is 9.97. The molecule has 0 atom stereocenters. The second-order valence-electron chi connectivity index (χ2n) is 3.12. The van der Waals surface area contributed by atoms with Crippen LogP contribution in [-0.4, -0.2) is 16.7 Å². The summed E-state index contributed by atoms with van der Waals surface area (Å²) in [5.74, 6) is 0.871. The molecular formula is C11H12N2O. The number of ether oxygens (including phenoxy) is 1. The molecule has 3 heteroatoms. The number of nitrogens with zero attached hydrogens (tertiary/aromatic N) is 2. The first-order chi connectivity index (χ1) is 6.81. The Morgan fingerprint density at radius 3 is 2.43 bits per heavy atom. The lowest BCUT2D eigenvalue weighted by atomic mass is 10.1. The minimum Gasteiger partial charge on any atom is -0.497 e. The van der Waals surface area contributed by atoms with Gasteiger partial charge in [0.15, 0.2) is 0 Å². The van der Waals surface area contributed by atoms with Crippen molar-refractivity contribution in [1.82, 2.24) is 9.55 Å². The number of rotatable bonds is 2. The van der Waals surface area contributed by atoms with Crippen LogP contribution in [0.4, 0.5) is 0 Å². The van der Waals surface area contributed by atoms with E-state index in [2.05, 4.69) is 4.98 Å².